The highest BCUT2D eigenvalue weighted by Crippen LogP contribution is 2.26. The molecular formula is C23H30N4O4S. The summed E-state index contributed by atoms with van der Waals surface area (Å²) >= 11 is 0. The van der Waals surface area contributed by atoms with Gasteiger partial charge >= 0.3 is 0 Å². The van der Waals surface area contributed by atoms with Crippen molar-refractivity contribution in [3.63, 3.8) is 0 Å². The van der Waals surface area contributed by atoms with Crippen molar-refractivity contribution in [3.8, 4) is 0 Å². The second kappa shape index (κ2) is 9.46. The van der Waals surface area contributed by atoms with Gasteiger partial charge in [0.25, 0.3) is 5.91 Å². The number of nitrogens with zero attached hydrogens (tertiary/aromatic N) is 2. The number of hydrogen-bond donors (Lipinski definition) is 2. The third-order valence-corrected chi connectivity index (χ3v) is 8.15. The van der Waals surface area contributed by atoms with Crippen molar-refractivity contribution in [1.29, 1.82) is 0 Å². The molecule has 32 heavy (non-hydrogen) atoms. The van der Waals surface area contributed by atoms with Gasteiger partial charge in [-0.1, -0.05) is 19.1 Å². The summed E-state index contributed by atoms with van der Waals surface area (Å²) in [5.41, 5.74) is 2.18. The standard InChI is InChI=1S/C23H30N4O4S/c1-2-17-7-9-19(10-8-17)25-22(28)18-6-5-13-27(16-18)32(30,31)20-14-21(24-15-20)23(29)26-11-3-4-12-26/h7-10,14-15,18,24H,2-6,11-13,16H2,1H3,(H,25,28)/t18-/m0/s1. The maximum atomic E-state index is 13.2. The fraction of sp³-hybridized carbons (Fsp3) is 0.478. The Balaban J connectivity index is 1.42. The van der Waals surface area contributed by atoms with E-state index < -0.39 is 15.9 Å². The van der Waals surface area contributed by atoms with Gasteiger partial charge in [0.15, 0.2) is 0 Å². The van der Waals surface area contributed by atoms with Gasteiger partial charge < -0.3 is 15.2 Å². The summed E-state index contributed by atoms with van der Waals surface area (Å²) in [5, 5.41) is 2.91. The number of carbonyl (C=O) groups is 2. The summed E-state index contributed by atoms with van der Waals surface area (Å²) in [7, 11) is -3.80. The SMILES string of the molecule is CCc1ccc(NC(=O)[C@H]2CCCN(S(=O)(=O)c3c[nH]c(C(=O)N4CCCC4)c3)C2)cc1. The minimum Gasteiger partial charge on any atom is -0.356 e. The van der Waals surface area contributed by atoms with Crippen LogP contribution < -0.4 is 5.32 Å². The number of H-pyrrole nitrogens is 1. The molecule has 8 nitrogen and oxygen atoms in total. The van der Waals surface area contributed by atoms with Crippen LogP contribution in [0.3, 0.4) is 0 Å². The molecule has 172 valence electrons. The number of sulfonamides is 1. The number of carbonyl (C=O) groups excluding carboxylic acids is 2. The third kappa shape index (κ3) is 4.73. The number of nitrogens with one attached hydrogen (secondary N) is 2. The number of benzene rings is 1. The van der Waals surface area contributed by atoms with Gasteiger partial charge in [0.05, 0.1) is 5.92 Å². The molecule has 2 aliphatic rings. The second-order valence-electron chi connectivity index (χ2n) is 8.49. The van der Waals surface area contributed by atoms with E-state index >= 15 is 0 Å². The fourth-order valence-corrected chi connectivity index (χ4v) is 5.85. The van der Waals surface area contributed by atoms with Crippen LogP contribution in [-0.4, -0.2) is 60.6 Å². The highest BCUT2D eigenvalue weighted by atomic mass is 32.2. The van der Waals surface area contributed by atoms with Gasteiger partial charge in [0.1, 0.15) is 10.6 Å². The zero-order chi connectivity index (χ0) is 22.7. The van der Waals surface area contributed by atoms with Crippen molar-refractivity contribution in [1.82, 2.24) is 14.2 Å². The molecule has 1 atom stereocenters. The van der Waals surface area contributed by atoms with E-state index in [9.17, 15) is 18.0 Å². The van der Waals surface area contributed by atoms with Crippen LogP contribution in [-0.2, 0) is 21.2 Å². The molecular weight excluding hydrogens is 428 g/mol. The molecule has 0 unspecified atom stereocenters. The average molecular weight is 459 g/mol. The zero-order valence-corrected chi connectivity index (χ0v) is 19.2. The number of amides is 2. The predicted octanol–water partition coefficient (Wildman–Crippen LogP) is 2.85. The Bertz CT molecular complexity index is 1070. The van der Waals surface area contributed by atoms with Crippen LogP contribution in [0.2, 0.25) is 0 Å². The van der Waals surface area contributed by atoms with Gasteiger partial charge in [-0.3, -0.25) is 9.59 Å². The molecule has 9 heteroatoms. The summed E-state index contributed by atoms with van der Waals surface area (Å²) in [6.07, 6.45) is 5.48. The molecule has 1 aromatic carbocycles. The smallest absolute Gasteiger partial charge is 0.270 e. The summed E-state index contributed by atoms with van der Waals surface area (Å²) < 4.78 is 27.7. The van der Waals surface area contributed by atoms with E-state index in [2.05, 4.69) is 17.2 Å². The van der Waals surface area contributed by atoms with E-state index in [1.165, 1.54) is 22.1 Å². The number of anilines is 1. The van der Waals surface area contributed by atoms with Crippen LogP contribution in [0.25, 0.3) is 0 Å². The summed E-state index contributed by atoms with van der Waals surface area (Å²) in [6.45, 7) is 3.95. The maximum Gasteiger partial charge on any atom is 0.270 e. The lowest BCUT2D eigenvalue weighted by Crippen LogP contribution is -2.43. The fourth-order valence-electron chi connectivity index (χ4n) is 4.33. The van der Waals surface area contributed by atoms with E-state index in [1.807, 2.05) is 24.3 Å². The van der Waals surface area contributed by atoms with Crippen LogP contribution in [0.15, 0.2) is 41.4 Å². The third-order valence-electron chi connectivity index (χ3n) is 6.30. The number of rotatable bonds is 6. The topological polar surface area (TPSA) is 103 Å². The van der Waals surface area contributed by atoms with E-state index in [1.54, 1.807) is 4.90 Å². The van der Waals surface area contributed by atoms with E-state index in [0.717, 1.165) is 19.3 Å². The molecule has 2 saturated heterocycles. The zero-order valence-electron chi connectivity index (χ0n) is 18.3. The molecule has 0 saturated carbocycles. The first-order chi connectivity index (χ1) is 15.4. The Labute approximate surface area is 189 Å². The molecule has 0 bridgehead atoms. The van der Waals surface area contributed by atoms with Gasteiger partial charge in [-0.25, -0.2) is 8.42 Å². The first-order valence-corrected chi connectivity index (χ1v) is 12.7. The van der Waals surface area contributed by atoms with Crippen molar-refractivity contribution in [2.45, 2.75) is 43.9 Å². The first kappa shape index (κ1) is 22.5. The molecule has 3 heterocycles. The molecule has 0 radical (unpaired) electrons. The van der Waals surface area contributed by atoms with Crippen LogP contribution in [0.5, 0.6) is 0 Å². The van der Waals surface area contributed by atoms with Gasteiger partial charge in [-0.05, 0) is 55.9 Å². The monoisotopic (exact) mass is 458 g/mol. The summed E-state index contributed by atoms with van der Waals surface area (Å²) in [4.78, 5) is 30.0. The van der Waals surface area contributed by atoms with Crippen LogP contribution in [0.1, 0.15) is 48.7 Å². The van der Waals surface area contributed by atoms with Crippen molar-refractivity contribution in [3.05, 3.63) is 47.8 Å². The summed E-state index contributed by atoms with van der Waals surface area (Å²) in [6, 6.07) is 9.09. The van der Waals surface area contributed by atoms with E-state index in [0.29, 0.717) is 38.2 Å². The normalized spacial score (nSPS) is 19.8. The molecule has 0 aliphatic carbocycles. The molecule has 1 aromatic heterocycles. The molecule has 0 spiro atoms. The lowest BCUT2D eigenvalue weighted by Gasteiger charge is -2.31. The Morgan fingerprint density at radius 1 is 1.09 bits per heavy atom. The minimum atomic E-state index is -3.80. The van der Waals surface area contributed by atoms with Crippen LogP contribution in [0, 0.1) is 5.92 Å². The van der Waals surface area contributed by atoms with Crippen molar-refractivity contribution in [2.75, 3.05) is 31.5 Å². The lowest BCUT2D eigenvalue weighted by molar-refractivity contribution is -0.120. The van der Waals surface area contributed by atoms with Crippen molar-refractivity contribution >= 4 is 27.5 Å². The summed E-state index contributed by atoms with van der Waals surface area (Å²) in [5.74, 6) is -0.768. The van der Waals surface area contributed by atoms with Gasteiger partial charge in [0.2, 0.25) is 15.9 Å². The Hall–Kier alpha value is -2.65. The van der Waals surface area contributed by atoms with Gasteiger partial charge in [-0.15, -0.1) is 0 Å². The van der Waals surface area contributed by atoms with Crippen LogP contribution >= 0.6 is 0 Å². The first-order valence-electron chi connectivity index (χ1n) is 11.3. The molecule has 2 N–H and O–H groups in total. The largest absolute Gasteiger partial charge is 0.356 e. The van der Waals surface area contributed by atoms with E-state index in [4.69, 9.17) is 0 Å². The predicted molar refractivity (Wildman–Crippen MR) is 122 cm³/mol. The van der Waals surface area contributed by atoms with Crippen LogP contribution in [0.4, 0.5) is 5.69 Å². The Morgan fingerprint density at radius 3 is 2.50 bits per heavy atom. The Kier molecular flexibility index (Phi) is 6.66. The number of piperidine rings is 1. The average Bonchev–Trinajstić information content (AvgIpc) is 3.52. The highest BCUT2D eigenvalue weighted by molar-refractivity contribution is 7.89. The number of likely N-dealkylation sites (tertiary alicyclic amines) is 1. The molecule has 2 aromatic rings. The lowest BCUT2D eigenvalue weighted by atomic mass is 9.98. The number of aromatic nitrogens is 1. The second-order valence-corrected chi connectivity index (χ2v) is 10.4. The molecule has 2 aliphatic heterocycles. The van der Waals surface area contributed by atoms with Crippen molar-refractivity contribution < 1.29 is 18.0 Å². The number of hydrogen-bond acceptors (Lipinski definition) is 4. The molecule has 2 amide bonds. The Morgan fingerprint density at radius 2 is 1.81 bits per heavy atom. The minimum absolute atomic E-state index is 0.0660. The quantitative estimate of drug-likeness (QED) is 0.695. The number of aromatic amines is 1. The molecule has 4 rings (SSSR count). The molecule has 2 fully saturated rings. The highest BCUT2D eigenvalue weighted by Gasteiger charge is 2.34. The van der Waals surface area contributed by atoms with Gasteiger partial charge in [-0.2, -0.15) is 4.31 Å². The number of aryl methyl sites for hydroxylation is 1. The maximum absolute atomic E-state index is 13.2. The van der Waals surface area contributed by atoms with Crippen molar-refractivity contribution in [2.24, 2.45) is 5.92 Å². The van der Waals surface area contributed by atoms with Gasteiger partial charge in [0, 0.05) is 38.1 Å². The van der Waals surface area contributed by atoms with E-state index in [-0.39, 0.29) is 28.9 Å².